The van der Waals surface area contributed by atoms with Crippen molar-refractivity contribution in [3.8, 4) is 20.9 Å². The molecule has 0 amide bonds. The first kappa shape index (κ1) is 24.8. The lowest BCUT2D eigenvalue weighted by Crippen LogP contribution is -2.49. The summed E-state index contributed by atoms with van der Waals surface area (Å²) in [5.41, 5.74) is -1.42. The highest BCUT2D eigenvalue weighted by Gasteiger charge is 2.80. The van der Waals surface area contributed by atoms with Gasteiger partial charge >= 0.3 is 17.8 Å². The summed E-state index contributed by atoms with van der Waals surface area (Å²) in [7, 11) is 0. The van der Waals surface area contributed by atoms with Gasteiger partial charge in [0.1, 0.15) is 0 Å². The number of hydrogen-bond acceptors (Lipinski definition) is 2. The fraction of sp³-hybridized carbons (Fsp3) is 0.214. The Kier molecular flexibility index (Phi) is 5.76. The quantitative estimate of drug-likeness (QED) is 0.229. The Morgan fingerprint density at radius 3 is 1.72 bits per heavy atom. The molecule has 0 unspecified atom stereocenters. The first-order valence-electron chi connectivity index (χ1n) is 11.1. The van der Waals surface area contributed by atoms with Crippen molar-refractivity contribution in [2.45, 2.75) is 38.5 Å². The lowest BCUT2D eigenvalue weighted by atomic mass is 9.91. The highest BCUT2D eigenvalue weighted by molar-refractivity contribution is 7.16. The lowest BCUT2D eigenvalue weighted by molar-refractivity contribution is -0.254. The second-order valence-electron chi connectivity index (χ2n) is 8.77. The minimum Gasteiger partial charge on any atom is -0.194 e. The van der Waals surface area contributed by atoms with E-state index in [1.54, 1.807) is 60.7 Å². The van der Waals surface area contributed by atoms with Crippen molar-refractivity contribution in [3.63, 3.8) is 0 Å². The van der Waals surface area contributed by atoms with Gasteiger partial charge in [0.05, 0.1) is 0 Å². The molecule has 186 valence electrons. The molecule has 0 spiro atoms. The average molecular weight is 535 g/mol. The molecule has 8 heteroatoms. The summed E-state index contributed by atoms with van der Waals surface area (Å²) in [6.45, 7) is 4.52. The molecular formula is C28H20F6S2. The maximum Gasteiger partial charge on any atom is 0.380 e. The minimum absolute atomic E-state index is 0.234. The molecule has 2 heterocycles. The molecule has 0 aliphatic heterocycles. The third-order valence-corrected chi connectivity index (χ3v) is 8.88. The molecular weight excluding hydrogens is 514 g/mol. The van der Waals surface area contributed by atoms with E-state index in [1.165, 1.54) is 26.8 Å². The monoisotopic (exact) mass is 534 g/mol. The van der Waals surface area contributed by atoms with Crippen molar-refractivity contribution >= 4 is 33.8 Å². The van der Waals surface area contributed by atoms with Gasteiger partial charge in [0.25, 0.3) is 0 Å². The summed E-state index contributed by atoms with van der Waals surface area (Å²) >= 11 is 2.24. The van der Waals surface area contributed by atoms with Crippen molar-refractivity contribution in [3.05, 3.63) is 93.2 Å². The molecule has 1 aliphatic rings. The summed E-state index contributed by atoms with van der Waals surface area (Å²) in [5, 5.41) is 0. The number of allylic oxidation sites excluding steroid dienone is 2. The zero-order valence-corrected chi connectivity index (χ0v) is 21.1. The predicted octanol–water partition coefficient (Wildman–Crippen LogP) is 9.90. The van der Waals surface area contributed by atoms with Crippen LogP contribution in [0, 0.1) is 20.8 Å². The van der Waals surface area contributed by atoms with E-state index in [2.05, 4.69) is 0 Å². The van der Waals surface area contributed by atoms with Crippen LogP contribution in [0.5, 0.6) is 0 Å². The molecule has 0 saturated heterocycles. The van der Waals surface area contributed by atoms with Gasteiger partial charge in [-0.3, -0.25) is 0 Å². The Balaban J connectivity index is 1.83. The number of alkyl halides is 6. The number of halogens is 6. The van der Waals surface area contributed by atoms with E-state index in [0.29, 0.717) is 20.9 Å². The Hall–Kier alpha value is -2.84. The molecule has 0 saturated carbocycles. The van der Waals surface area contributed by atoms with E-state index < -0.39 is 28.9 Å². The maximum atomic E-state index is 15.5. The van der Waals surface area contributed by atoms with E-state index in [4.69, 9.17) is 0 Å². The van der Waals surface area contributed by atoms with Crippen LogP contribution in [0.3, 0.4) is 0 Å². The minimum atomic E-state index is -5.58. The van der Waals surface area contributed by atoms with Gasteiger partial charge in [0.15, 0.2) is 0 Å². The number of thiophene rings is 2. The number of benzene rings is 2. The average Bonchev–Trinajstić information content (AvgIpc) is 3.39. The van der Waals surface area contributed by atoms with Crippen LogP contribution < -0.4 is 0 Å². The highest BCUT2D eigenvalue weighted by Crippen LogP contribution is 2.66. The Labute approximate surface area is 212 Å². The normalized spacial score (nSPS) is 18.1. The summed E-state index contributed by atoms with van der Waals surface area (Å²) in [6, 6.07) is 19.0. The van der Waals surface area contributed by atoms with Gasteiger partial charge in [-0.1, -0.05) is 60.7 Å². The molecule has 5 rings (SSSR count). The zero-order chi connectivity index (χ0) is 26.0. The van der Waals surface area contributed by atoms with Crippen LogP contribution in [-0.2, 0) is 0 Å². The van der Waals surface area contributed by atoms with Crippen LogP contribution in [0.4, 0.5) is 26.3 Å². The summed E-state index contributed by atoms with van der Waals surface area (Å²) < 4.78 is 91.5. The van der Waals surface area contributed by atoms with Gasteiger partial charge in [-0.15, -0.1) is 22.7 Å². The van der Waals surface area contributed by atoms with Crippen LogP contribution >= 0.6 is 22.7 Å². The van der Waals surface area contributed by atoms with Gasteiger partial charge in [0, 0.05) is 36.2 Å². The van der Waals surface area contributed by atoms with Gasteiger partial charge in [-0.25, -0.2) is 0 Å². The summed E-state index contributed by atoms with van der Waals surface area (Å²) in [6.07, 6.45) is 0. The number of hydrogen-bond donors (Lipinski definition) is 0. The number of rotatable bonds is 4. The molecule has 2 aromatic heterocycles. The molecule has 0 fully saturated rings. The van der Waals surface area contributed by atoms with E-state index in [1.807, 2.05) is 0 Å². The van der Waals surface area contributed by atoms with Gasteiger partial charge in [-0.2, -0.15) is 26.3 Å². The molecule has 1 aliphatic carbocycles. The molecule has 4 aromatic rings. The van der Waals surface area contributed by atoms with E-state index in [-0.39, 0.29) is 26.4 Å². The van der Waals surface area contributed by atoms with Crippen LogP contribution in [0.2, 0.25) is 0 Å². The largest absolute Gasteiger partial charge is 0.380 e. The zero-order valence-electron chi connectivity index (χ0n) is 19.4. The van der Waals surface area contributed by atoms with Gasteiger partial charge in [-0.05, 0) is 49.1 Å². The predicted molar refractivity (Wildman–Crippen MR) is 135 cm³/mol. The van der Waals surface area contributed by atoms with Crippen LogP contribution in [0.1, 0.15) is 26.4 Å². The van der Waals surface area contributed by atoms with E-state index in [0.717, 1.165) is 22.7 Å². The lowest BCUT2D eigenvalue weighted by Gasteiger charge is -2.26. The highest BCUT2D eigenvalue weighted by atomic mass is 32.1. The Bertz CT molecular complexity index is 1480. The smallest absolute Gasteiger partial charge is 0.194 e. The van der Waals surface area contributed by atoms with Crippen molar-refractivity contribution in [1.82, 2.24) is 0 Å². The SMILES string of the molecule is Cc1sc(-c2ccccc2)cc1C1=C(c2c(C)sc(-c3ccccc3)c2C)C(F)(F)C(F)(F)C1(F)F. The third-order valence-electron chi connectivity index (χ3n) is 6.52. The van der Waals surface area contributed by atoms with Crippen molar-refractivity contribution in [2.75, 3.05) is 0 Å². The summed E-state index contributed by atoms with van der Waals surface area (Å²) in [5.74, 6) is -15.7. The fourth-order valence-corrected chi connectivity index (χ4v) is 6.98. The molecule has 0 N–H and O–H groups in total. The molecule has 36 heavy (non-hydrogen) atoms. The number of aryl methyl sites for hydroxylation is 2. The standard InChI is InChI=1S/C28H20F6S2/c1-15-22(17(3)36-25(15)19-12-8-5-9-13-19)24-23(26(29,30)28(33,34)27(24,31)32)20-14-21(35-16(20)2)18-10-6-4-7-11-18/h4-14H,1-3H3. The topological polar surface area (TPSA) is 0 Å². The molecule has 2 aromatic carbocycles. The van der Waals surface area contributed by atoms with Gasteiger partial charge < -0.3 is 0 Å². The molecule has 0 radical (unpaired) electrons. The van der Waals surface area contributed by atoms with Crippen molar-refractivity contribution in [2.24, 2.45) is 0 Å². The maximum absolute atomic E-state index is 15.5. The summed E-state index contributed by atoms with van der Waals surface area (Å²) in [4.78, 5) is 1.66. The molecule has 0 bridgehead atoms. The Morgan fingerprint density at radius 2 is 1.14 bits per heavy atom. The van der Waals surface area contributed by atoms with Crippen molar-refractivity contribution in [1.29, 1.82) is 0 Å². The van der Waals surface area contributed by atoms with E-state index in [9.17, 15) is 8.78 Å². The fourth-order valence-electron chi connectivity index (χ4n) is 4.77. The van der Waals surface area contributed by atoms with Crippen LogP contribution in [0.15, 0.2) is 66.7 Å². The van der Waals surface area contributed by atoms with Crippen molar-refractivity contribution < 1.29 is 26.3 Å². The first-order chi connectivity index (χ1) is 16.9. The third kappa shape index (κ3) is 3.41. The van der Waals surface area contributed by atoms with Crippen LogP contribution in [0.25, 0.3) is 32.0 Å². The Morgan fingerprint density at radius 1 is 0.611 bits per heavy atom. The second kappa shape index (κ2) is 8.35. The van der Waals surface area contributed by atoms with Gasteiger partial charge in [0.2, 0.25) is 0 Å². The second-order valence-corrected chi connectivity index (χ2v) is 11.3. The first-order valence-corrected chi connectivity index (χ1v) is 12.7. The van der Waals surface area contributed by atoms with Crippen LogP contribution in [-0.4, -0.2) is 17.8 Å². The van der Waals surface area contributed by atoms with E-state index >= 15 is 17.6 Å². The molecule has 0 nitrogen and oxygen atoms in total. The molecule has 0 atom stereocenters.